The van der Waals surface area contributed by atoms with Crippen LogP contribution in [0.25, 0.3) is 0 Å². The van der Waals surface area contributed by atoms with Crippen molar-refractivity contribution in [3.8, 4) is 0 Å². The van der Waals surface area contributed by atoms with E-state index in [9.17, 15) is 0 Å². The average molecular weight is 235 g/mol. The molecule has 0 spiro atoms. The van der Waals surface area contributed by atoms with Crippen molar-refractivity contribution in [3.05, 3.63) is 23.8 Å². The lowest BCUT2D eigenvalue weighted by atomic mass is 10.0. The monoisotopic (exact) mass is 235 g/mol. The van der Waals surface area contributed by atoms with E-state index in [4.69, 9.17) is 0 Å². The van der Waals surface area contributed by atoms with Crippen LogP contribution in [0.15, 0.2) is 23.8 Å². The molecule has 1 N–H and O–H groups in total. The Morgan fingerprint density at radius 2 is 2.06 bits per heavy atom. The molecule has 0 saturated heterocycles. The van der Waals surface area contributed by atoms with Gasteiger partial charge in [-0.15, -0.1) is 0 Å². The minimum absolute atomic E-state index is 0.790. The third-order valence-electron chi connectivity index (χ3n) is 3.75. The van der Waals surface area contributed by atoms with Crippen molar-refractivity contribution in [1.29, 1.82) is 0 Å². The van der Waals surface area contributed by atoms with Crippen LogP contribution in [-0.2, 0) is 0 Å². The van der Waals surface area contributed by atoms with Crippen LogP contribution in [0.2, 0.25) is 0 Å². The smallest absolute Gasteiger partial charge is 0.00928 e. The maximum Gasteiger partial charge on any atom is 0.00928 e. The van der Waals surface area contributed by atoms with Gasteiger partial charge in [0.25, 0.3) is 0 Å². The molecule has 1 fully saturated rings. The van der Waals surface area contributed by atoms with Crippen LogP contribution in [0.5, 0.6) is 0 Å². The molecule has 2 rings (SSSR count). The quantitative estimate of drug-likeness (QED) is 0.758. The molecule has 0 aliphatic heterocycles. The maximum absolute atomic E-state index is 3.70. The topological polar surface area (TPSA) is 12.0 Å². The molecule has 2 aliphatic rings. The normalized spacial score (nSPS) is 27.4. The summed E-state index contributed by atoms with van der Waals surface area (Å²) in [5.74, 6) is 0.890. The second kappa shape index (κ2) is 8.52. The van der Waals surface area contributed by atoms with Crippen molar-refractivity contribution >= 4 is 0 Å². The Morgan fingerprint density at radius 3 is 2.65 bits per heavy atom. The van der Waals surface area contributed by atoms with Gasteiger partial charge in [-0.3, -0.25) is 0 Å². The van der Waals surface area contributed by atoms with E-state index in [2.05, 4.69) is 30.5 Å². The molecular formula is C16H29N. The zero-order chi connectivity index (χ0) is 12.5. The summed E-state index contributed by atoms with van der Waals surface area (Å²) in [4.78, 5) is 0. The Labute approximate surface area is 107 Å². The number of hydrogen-bond donors (Lipinski definition) is 1. The number of rotatable bonds is 4. The summed E-state index contributed by atoms with van der Waals surface area (Å²) in [6, 6.07) is 0.790. The molecule has 1 heteroatoms. The highest BCUT2D eigenvalue weighted by Crippen LogP contribution is 2.24. The molecule has 0 heterocycles. The van der Waals surface area contributed by atoms with E-state index in [1.165, 1.54) is 44.1 Å². The average Bonchev–Trinajstić information content (AvgIpc) is 2.79. The number of allylic oxidation sites excluding steroid dienone is 3. The van der Waals surface area contributed by atoms with Gasteiger partial charge in [0.2, 0.25) is 0 Å². The fourth-order valence-corrected chi connectivity index (χ4v) is 2.70. The van der Waals surface area contributed by atoms with Crippen LogP contribution in [-0.4, -0.2) is 12.6 Å². The van der Waals surface area contributed by atoms with Crippen molar-refractivity contribution in [3.63, 3.8) is 0 Å². The first kappa shape index (κ1) is 14.5. The lowest BCUT2D eigenvalue weighted by Gasteiger charge is -2.17. The first-order chi connectivity index (χ1) is 8.36. The van der Waals surface area contributed by atoms with Gasteiger partial charge in [0.1, 0.15) is 0 Å². The Morgan fingerprint density at radius 1 is 1.24 bits per heavy atom. The Kier molecular flexibility index (Phi) is 7.27. The molecule has 0 aromatic rings. The van der Waals surface area contributed by atoms with E-state index in [-0.39, 0.29) is 0 Å². The molecule has 98 valence electrons. The second-order valence-corrected chi connectivity index (χ2v) is 4.98. The standard InChI is InChI=1S/C14H23N.C2H6/c1-12-6-5-9-14(12)15-11-10-13-7-3-2-4-8-13;1-2/h3,7-8,12,14-15H,2,4-6,9-11H2,1H3;1-2H3. The van der Waals surface area contributed by atoms with Crippen molar-refractivity contribution in [2.75, 3.05) is 6.54 Å². The molecule has 17 heavy (non-hydrogen) atoms. The lowest BCUT2D eigenvalue weighted by molar-refractivity contribution is 0.430. The van der Waals surface area contributed by atoms with E-state index in [1.807, 2.05) is 13.8 Å². The van der Waals surface area contributed by atoms with Gasteiger partial charge >= 0.3 is 0 Å². The SMILES string of the molecule is CC.CC1CCCC1NCCC1=CCCC=C1. The molecule has 0 aromatic heterocycles. The van der Waals surface area contributed by atoms with Crippen molar-refractivity contribution < 1.29 is 0 Å². The summed E-state index contributed by atoms with van der Waals surface area (Å²) >= 11 is 0. The molecule has 2 unspecified atom stereocenters. The summed E-state index contributed by atoms with van der Waals surface area (Å²) in [6.07, 6.45) is 14.9. The molecule has 0 amide bonds. The van der Waals surface area contributed by atoms with Gasteiger partial charge in [-0.1, -0.05) is 51.0 Å². The third kappa shape index (κ3) is 5.08. The van der Waals surface area contributed by atoms with E-state index in [1.54, 1.807) is 0 Å². The fourth-order valence-electron chi connectivity index (χ4n) is 2.70. The molecule has 2 aliphatic carbocycles. The van der Waals surface area contributed by atoms with Gasteiger partial charge < -0.3 is 5.32 Å². The van der Waals surface area contributed by atoms with Crippen molar-refractivity contribution in [1.82, 2.24) is 5.32 Å². The van der Waals surface area contributed by atoms with Gasteiger partial charge in [0, 0.05) is 6.04 Å². The Bertz CT molecular complexity index is 252. The first-order valence-electron chi connectivity index (χ1n) is 7.45. The van der Waals surface area contributed by atoms with Crippen LogP contribution in [0.1, 0.15) is 59.3 Å². The highest BCUT2D eigenvalue weighted by molar-refractivity contribution is 5.22. The van der Waals surface area contributed by atoms with E-state index in [0.717, 1.165) is 18.5 Å². The molecule has 0 bridgehead atoms. The third-order valence-corrected chi connectivity index (χ3v) is 3.75. The van der Waals surface area contributed by atoms with Crippen LogP contribution >= 0.6 is 0 Å². The van der Waals surface area contributed by atoms with E-state index in [0.29, 0.717) is 0 Å². The first-order valence-corrected chi connectivity index (χ1v) is 7.45. The summed E-state index contributed by atoms with van der Waals surface area (Å²) in [7, 11) is 0. The fraction of sp³-hybridized carbons (Fsp3) is 0.750. The predicted octanol–water partition coefficient (Wildman–Crippen LogP) is 4.46. The minimum Gasteiger partial charge on any atom is -0.313 e. The zero-order valence-electron chi connectivity index (χ0n) is 11.8. The van der Waals surface area contributed by atoms with Crippen molar-refractivity contribution in [2.24, 2.45) is 5.92 Å². The van der Waals surface area contributed by atoms with Gasteiger partial charge in [-0.2, -0.15) is 0 Å². The minimum atomic E-state index is 0.790. The van der Waals surface area contributed by atoms with Gasteiger partial charge in [0.05, 0.1) is 0 Å². The lowest BCUT2D eigenvalue weighted by Crippen LogP contribution is -2.31. The maximum atomic E-state index is 3.70. The van der Waals surface area contributed by atoms with Crippen LogP contribution in [0, 0.1) is 5.92 Å². The molecular weight excluding hydrogens is 206 g/mol. The molecule has 2 atom stereocenters. The molecule has 1 nitrogen and oxygen atoms in total. The molecule has 1 saturated carbocycles. The Balaban J connectivity index is 0.000000686. The number of hydrogen-bond acceptors (Lipinski definition) is 1. The van der Waals surface area contributed by atoms with Crippen LogP contribution in [0.3, 0.4) is 0 Å². The summed E-state index contributed by atoms with van der Waals surface area (Å²) in [5, 5.41) is 3.70. The number of nitrogens with one attached hydrogen (secondary N) is 1. The molecule has 0 radical (unpaired) electrons. The zero-order valence-corrected chi connectivity index (χ0v) is 11.8. The second-order valence-electron chi connectivity index (χ2n) is 4.98. The van der Waals surface area contributed by atoms with Gasteiger partial charge in [0.15, 0.2) is 0 Å². The highest BCUT2D eigenvalue weighted by Gasteiger charge is 2.22. The summed E-state index contributed by atoms with van der Waals surface area (Å²) in [5.41, 5.74) is 1.53. The summed E-state index contributed by atoms with van der Waals surface area (Å²) < 4.78 is 0. The summed E-state index contributed by atoms with van der Waals surface area (Å²) in [6.45, 7) is 7.54. The largest absolute Gasteiger partial charge is 0.313 e. The van der Waals surface area contributed by atoms with Gasteiger partial charge in [-0.25, -0.2) is 0 Å². The van der Waals surface area contributed by atoms with E-state index >= 15 is 0 Å². The Hall–Kier alpha value is -0.560. The van der Waals surface area contributed by atoms with Crippen LogP contribution < -0.4 is 5.32 Å². The molecule has 0 aromatic carbocycles. The van der Waals surface area contributed by atoms with Crippen LogP contribution in [0.4, 0.5) is 0 Å². The highest BCUT2D eigenvalue weighted by atomic mass is 14.9. The predicted molar refractivity (Wildman–Crippen MR) is 77.2 cm³/mol. The van der Waals surface area contributed by atoms with E-state index < -0.39 is 0 Å². The van der Waals surface area contributed by atoms with Crippen molar-refractivity contribution in [2.45, 2.75) is 65.3 Å². The van der Waals surface area contributed by atoms with Gasteiger partial charge in [-0.05, 0) is 44.6 Å².